The minimum Gasteiger partial charge on any atom is -0.478 e. The van der Waals surface area contributed by atoms with Gasteiger partial charge in [0.25, 0.3) is 0 Å². The number of benzene rings is 1. The fourth-order valence-electron chi connectivity index (χ4n) is 4.48. The van der Waals surface area contributed by atoms with Gasteiger partial charge < -0.3 is 14.9 Å². The van der Waals surface area contributed by atoms with Crippen LogP contribution in [0.5, 0.6) is 0 Å². The Kier molecular flexibility index (Phi) is 6.70. The molecule has 6 heteroatoms. The summed E-state index contributed by atoms with van der Waals surface area (Å²) < 4.78 is 0. The zero-order valence-corrected chi connectivity index (χ0v) is 16.6. The maximum Gasteiger partial charge on any atom is 0.335 e. The molecule has 1 aromatic rings. The van der Waals surface area contributed by atoms with Crippen LogP contribution in [0.4, 0.5) is 0 Å². The largest absolute Gasteiger partial charge is 0.478 e. The van der Waals surface area contributed by atoms with E-state index in [0.717, 1.165) is 44.1 Å². The maximum atomic E-state index is 13.0. The molecule has 2 fully saturated rings. The SMILES string of the molecule is CCC(=O)N1CCCCC1C(=O)N1CCC(Cc2ccccc2C(=O)O)CC1. The van der Waals surface area contributed by atoms with Crippen molar-refractivity contribution in [3.63, 3.8) is 0 Å². The molecule has 1 aromatic carbocycles. The van der Waals surface area contributed by atoms with Crippen molar-refractivity contribution in [2.24, 2.45) is 5.92 Å². The number of nitrogens with zero attached hydrogens (tertiary/aromatic N) is 2. The molecule has 1 atom stereocenters. The standard InChI is InChI=1S/C22H30N2O4/c1-2-20(25)24-12-6-5-9-19(24)21(26)23-13-10-16(11-14-23)15-17-7-3-4-8-18(17)22(27)28/h3-4,7-8,16,19H,2,5-6,9-15H2,1H3,(H,27,28). The molecule has 28 heavy (non-hydrogen) atoms. The Morgan fingerprint density at radius 2 is 1.75 bits per heavy atom. The third-order valence-electron chi connectivity index (χ3n) is 6.09. The Balaban J connectivity index is 1.58. The molecule has 0 radical (unpaired) electrons. The summed E-state index contributed by atoms with van der Waals surface area (Å²) in [5, 5.41) is 9.36. The van der Waals surface area contributed by atoms with Gasteiger partial charge in [-0.15, -0.1) is 0 Å². The summed E-state index contributed by atoms with van der Waals surface area (Å²) >= 11 is 0. The van der Waals surface area contributed by atoms with E-state index in [1.807, 2.05) is 24.0 Å². The Morgan fingerprint density at radius 1 is 1.04 bits per heavy atom. The van der Waals surface area contributed by atoms with Crippen LogP contribution in [0.1, 0.15) is 61.4 Å². The third-order valence-corrected chi connectivity index (χ3v) is 6.09. The van der Waals surface area contributed by atoms with E-state index >= 15 is 0 Å². The second-order valence-corrected chi connectivity index (χ2v) is 7.89. The average molecular weight is 386 g/mol. The number of likely N-dealkylation sites (tertiary alicyclic amines) is 2. The van der Waals surface area contributed by atoms with E-state index in [-0.39, 0.29) is 17.9 Å². The van der Waals surface area contributed by atoms with Crippen molar-refractivity contribution in [1.82, 2.24) is 9.80 Å². The van der Waals surface area contributed by atoms with Crippen molar-refractivity contribution < 1.29 is 19.5 Å². The van der Waals surface area contributed by atoms with Crippen molar-refractivity contribution in [1.29, 1.82) is 0 Å². The summed E-state index contributed by atoms with van der Waals surface area (Å²) in [5.74, 6) is -0.352. The molecule has 152 valence electrons. The van der Waals surface area contributed by atoms with Gasteiger partial charge in [-0.1, -0.05) is 25.1 Å². The summed E-state index contributed by atoms with van der Waals surface area (Å²) in [7, 11) is 0. The number of piperidine rings is 2. The van der Waals surface area contributed by atoms with Crippen LogP contribution in [-0.4, -0.2) is 58.4 Å². The number of carbonyl (C=O) groups is 3. The van der Waals surface area contributed by atoms with Crippen molar-refractivity contribution in [3.05, 3.63) is 35.4 Å². The predicted octanol–water partition coefficient (Wildman–Crippen LogP) is 2.96. The first-order chi connectivity index (χ1) is 13.5. The molecule has 0 aliphatic carbocycles. The molecule has 2 aliphatic rings. The van der Waals surface area contributed by atoms with Gasteiger partial charge in [0.1, 0.15) is 6.04 Å². The molecule has 6 nitrogen and oxygen atoms in total. The Hall–Kier alpha value is -2.37. The topological polar surface area (TPSA) is 77.9 Å². The fourth-order valence-corrected chi connectivity index (χ4v) is 4.48. The number of aromatic carboxylic acids is 1. The Labute approximate surface area is 166 Å². The highest BCUT2D eigenvalue weighted by Gasteiger charge is 2.35. The van der Waals surface area contributed by atoms with Crippen LogP contribution >= 0.6 is 0 Å². The molecule has 2 heterocycles. The average Bonchev–Trinajstić information content (AvgIpc) is 2.73. The van der Waals surface area contributed by atoms with E-state index in [4.69, 9.17) is 0 Å². The van der Waals surface area contributed by atoms with Gasteiger partial charge in [0, 0.05) is 26.1 Å². The predicted molar refractivity (Wildman–Crippen MR) is 106 cm³/mol. The molecule has 3 rings (SSSR count). The molecule has 0 aromatic heterocycles. The van der Waals surface area contributed by atoms with E-state index in [0.29, 0.717) is 37.5 Å². The highest BCUT2D eigenvalue weighted by atomic mass is 16.4. The molecule has 1 N–H and O–H groups in total. The zero-order chi connectivity index (χ0) is 20.1. The van der Waals surface area contributed by atoms with Crippen molar-refractivity contribution in [2.45, 2.75) is 57.9 Å². The Morgan fingerprint density at radius 3 is 2.43 bits per heavy atom. The molecule has 1 unspecified atom stereocenters. The maximum absolute atomic E-state index is 13.0. The fraction of sp³-hybridized carbons (Fsp3) is 0.591. The highest BCUT2D eigenvalue weighted by molar-refractivity contribution is 5.89. The lowest BCUT2D eigenvalue weighted by Gasteiger charge is -2.40. The lowest BCUT2D eigenvalue weighted by molar-refractivity contribution is -0.148. The second kappa shape index (κ2) is 9.22. The van der Waals surface area contributed by atoms with E-state index in [1.165, 1.54) is 0 Å². The van der Waals surface area contributed by atoms with Crippen molar-refractivity contribution in [2.75, 3.05) is 19.6 Å². The van der Waals surface area contributed by atoms with Gasteiger partial charge >= 0.3 is 5.97 Å². The second-order valence-electron chi connectivity index (χ2n) is 7.89. The first-order valence-corrected chi connectivity index (χ1v) is 10.4. The number of rotatable bonds is 5. The molecule has 2 saturated heterocycles. The van der Waals surface area contributed by atoms with Gasteiger partial charge in [-0.25, -0.2) is 4.79 Å². The van der Waals surface area contributed by atoms with Gasteiger partial charge in [-0.2, -0.15) is 0 Å². The van der Waals surface area contributed by atoms with E-state index < -0.39 is 5.97 Å². The normalized spacial score (nSPS) is 20.8. The summed E-state index contributed by atoms with van der Waals surface area (Å²) in [6.45, 7) is 3.90. The highest BCUT2D eigenvalue weighted by Crippen LogP contribution is 2.26. The van der Waals surface area contributed by atoms with Crippen molar-refractivity contribution in [3.8, 4) is 0 Å². The van der Waals surface area contributed by atoms with Gasteiger partial charge in [0.2, 0.25) is 11.8 Å². The van der Waals surface area contributed by atoms with E-state index in [1.54, 1.807) is 17.0 Å². The van der Waals surface area contributed by atoms with Crippen LogP contribution in [0.3, 0.4) is 0 Å². The quantitative estimate of drug-likeness (QED) is 0.844. The molecule has 2 amide bonds. The van der Waals surface area contributed by atoms with Crippen LogP contribution in [0.25, 0.3) is 0 Å². The van der Waals surface area contributed by atoms with Gasteiger partial charge in [-0.05, 0) is 56.1 Å². The lowest BCUT2D eigenvalue weighted by atomic mass is 9.88. The first-order valence-electron chi connectivity index (χ1n) is 10.4. The third kappa shape index (κ3) is 4.54. The molecular weight excluding hydrogens is 356 g/mol. The first kappa shape index (κ1) is 20.4. The van der Waals surface area contributed by atoms with Crippen LogP contribution in [0.15, 0.2) is 24.3 Å². The summed E-state index contributed by atoms with van der Waals surface area (Å²) in [4.78, 5) is 40.4. The smallest absolute Gasteiger partial charge is 0.335 e. The van der Waals surface area contributed by atoms with Gasteiger partial charge in [0.15, 0.2) is 0 Å². The summed E-state index contributed by atoms with van der Waals surface area (Å²) in [6, 6.07) is 6.87. The number of carboxylic acids is 1. The van der Waals surface area contributed by atoms with Crippen LogP contribution < -0.4 is 0 Å². The van der Waals surface area contributed by atoms with Gasteiger partial charge in [-0.3, -0.25) is 9.59 Å². The summed E-state index contributed by atoms with van der Waals surface area (Å²) in [5.41, 5.74) is 1.24. The Bertz CT molecular complexity index is 725. The minimum atomic E-state index is -0.888. The number of hydrogen-bond donors (Lipinski definition) is 1. The number of amides is 2. The molecule has 0 saturated carbocycles. The molecule has 0 spiro atoms. The van der Waals surface area contributed by atoms with Crippen molar-refractivity contribution >= 4 is 17.8 Å². The van der Waals surface area contributed by atoms with Crippen LogP contribution in [0.2, 0.25) is 0 Å². The zero-order valence-electron chi connectivity index (χ0n) is 16.6. The monoisotopic (exact) mass is 386 g/mol. The number of carboxylic acid groups (broad SMARTS) is 1. The summed E-state index contributed by atoms with van der Waals surface area (Å²) in [6.07, 6.45) is 5.63. The molecular formula is C22H30N2O4. The van der Waals surface area contributed by atoms with Crippen LogP contribution in [-0.2, 0) is 16.0 Å². The minimum absolute atomic E-state index is 0.0678. The lowest BCUT2D eigenvalue weighted by Crippen LogP contribution is -2.54. The van der Waals surface area contributed by atoms with Crippen LogP contribution in [0, 0.1) is 5.92 Å². The van der Waals surface area contributed by atoms with Gasteiger partial charge in [0.05, 0.1) is 5.56 Å². The van der Waals surface area contributed by atoms with E-state index in [9.17, 15) is 19.5 Å². The van der Waals surface area contributed by atoms with E-state index in [2.05, 4.69) is 0 Å². The molecule has 0 bridgehead atoms. The number of hydrogen-bond acceptors (Lipinski definition) is 3. The molecule has 2 aliphatic heterocycles. The number of carbonyl (C=O) groups excluding carboxylic acids is 2.